The van der Waals surface area contributed by atoms with Gasteiger partial charge < -0.3 is 0 Å². The highest BCUT2D eigenvalue weighted by Crippen LogP contribution is 2.26. The van der Waals surface area contributed by atoms with Gasteiger partial charge in [0.1, 0.15) is 11.8 Å². The third-order valence-corrected chi connectivity index (χ3v) is 4.21. The summed E-state index contributed by atoms with van der Waals surface area (Å²) in [6, 6.07) is 6.89. The molecule has 3 heteroatoms. The van der Waals surface area contributed by atoms with E-state index in [9.17, 15) is 5.26 Å². The van der Waals surface area contributed by atoms with Crippen LogP contribution in [0.4, 0.5) is 0 Å². The first-order valence-corrected chi connectivity index (χ1v) is 7.78. The van der Waals surface area contributed by atoms with Crippen molar-refractivity contribution in [3.63, 3.8) is 0 Å². The van der Waals surface area contributed by atoms with Gasteiger partial charge in [-0.1, -0.05) is 32.8 Å². The third kappa shape index (κ3) is 4.05. The normalized spacial score (nSPS) is 15.9. The van der Waals surface area contributed by atoms with Crippen molar-refractivity contribution in [2.45, 2.75) is 58.5 Å². The quantitative estimate of drug-likeness (QED) is 0.791. The highest BCUT2D eigenvalue weighted by atomic mass is 15.2. The van der Waals surface area contributed by atoms with E-state index in [1.807, 2.05) is 12.1 Å². The zero-order valence-electron chi connectivity index (χ0n) is 12.7. The second kappa shape index (κ2) is 7.40. The molecule has 0 bridgehead atoms. The van der Waals surface area contributed by atoms with Crippen LogP contribution in [-0.2, 0) is 6.54 Å². The van der Waals surface area contributed by atoms with E-state index in [2.05, 4.69) is 29.8 Å². The number of nitrogens with zero attached hydrogens (tertiary/aromatic N) is 3. The average molecular weight is 271 g/mol. The Morgan fingerprint density at radius 3 is 2.80 bits per heavy atom. The van der Waals surface area contributed by atoms with E-state index in [1.165, 1.54) is 32.1 Å². The summed E-state index contributed by atoms with van der Waals surface area (Å²) in [5.74, 6) is 0.725. The summed E-state index contributed by atoms with van der Waals surface area (Å²) in [5, 5.41) is 9.18. The minimum Gasteiger partial charge on any atom is -0.296 e. The maximum Gasteiger partial charge on any atom is 0.144 e. The summed E-state index contributed by atoms with van der Waals surface area (Å²) in [6.07, 6.45) is 8.23. The molecular weight excluding hydrogens is 246 g/mol. The van der Waals surface area contributed by atoms with Crippen molar-refractivity contribution in [2.75, 3.05) is 6.54 Å². The molecule has 0 unspecified atom stereocenters. The Morgan fingerprint density at radius 2 is 2.15 bits per heavy atom. The lowest BCUT2D eigenvalue weighted by atomic mass is 10.1. The molecular formula is C17H25N3. The number of hydrogen-bond acceptors (Lipinski definition) is 3. The van der Waals surface area contributed by atoms with Crippen LogP contribution < -0.4 is 0 Å². The van der Waals surface area contributed by atoms with Gasteiger partial charge in [-0.3, -0.25) is 4.90 Å². The number of aromatic nitrogens is 1. The zero-order valence-corrected chi connectivity index (χ0v) is 12.7. The van der Waals surface area contributed by atoms with Gasteiger partial charge in [-0.25, -0.2) is 4.98 Å². The summed E-state index contributed by atoms with van der Waals surface area (Å²) in [7, 11) is 0. The molecule has 1 aliphatic rings. The molecule has 0 amide bonds. The molecule has 0 saturated heterocycles. The van der Waals surface area contributed by atoms with E-state index >= 15 is 0 Å². The van der Waals surface area contributed by atoms with Crippen LogP contribution >= 0.6 is 0 Å². The fourth-order valence-corrected chi connectivity index (χ4v) is 2.97. The fraction of sp³-hybridized carbons (Fsp3) is 0.647. The average Bonchev–Trinajstić information content (AvgIpc) is 2.97. The molecule has 1 aromatic heterocycles. The molecule has 1 saturated carbocycles. The summed E-state index contributed by atoms with van der Waals surface area (Å²) in [5.41, 5.74) is 1.66. The van der Waals surface area contributed by atoms with E-state index < -0.39 is 0 Å². The molecule has 0 N–H and O–H groups in total. The van der Waals surface area contributed by atoms with Gasteiger partial charge in [-0.15, -0.1) is 0 Å². The Balaban J connectivity index is 2.08. The summed E-state index contributed by atoms with van der Waals surface area (Å²) >= 11 is 0. The van der Waals surface area contributed by atoms with E-state index in [0.717, 1.165) is 24.6 Å². The van der Waals surface area contributed by atoms with Gasteiger partial charge in [0.15, 0.2) is 0 Å². The summed E-state index contributed by atoms with van der Waals surface area (Å²) < 4.78 is 0. The Bertz CT molecular complexity index is 456. The van der Waals surface area contributed by atoms with Crippen LogP contribution in [0.5, 0.6) is 0 Å². The molecule has 108 valence electrons. The number of rotatable bonds is 6. The van der Waals surface area contributed by atoms with Crippen molar-refractivity contribution >= 4 is 0 Å². The van der Waals surface area contributed by atoms with E-state index in [4.69, 9.17) is 0 Å². The smallest absolute Gasteiger partial charge is 0.144 e. The minimum atomic E-state index is 0.583. The molecule has 20 heavy (non-hydrogen) atoms. The fourth-order valence-electron chi connectivity index (χ4n) is 2.97. The lowest BCUT2D eigenvalue weighted by molar-refractivity contribution is 0.179. The second-order valence-electron chi connectivity index (χ2n) is 6.21. The van der Waals surface area contributed by atoms with Gasteiger partial charge >= 0.3 is 0 Å². The Hall–Kier alpha value is -1.40. The molecule has 1 heterocycles. The maximum absolute atomic E-state index is 9.18. The van der Waals surface area contributed by atoms with E-state index in [0.29, 0.717) is 11.7 Å². The monoisotopic (exact) mass is 271 g/mol. The Kier molecular flexibility index (Phi) is 5.55. The van der Waals surface area contributed by atoms with Gasteiger partial charge in [-0.05, 0) is 37.8 Å². The summed E-state index contributed by atoms with van der Waals surface area (Å²) in [4.78, 5) is 6.76. The van der Waals surface area contributed by atoms with Gasteiger partial charge in [0.2, 0.25) is 0 Å². The number of pyridine rings is 1. The van der Waals surface area contributed by atoms with Crippen molar-refractivity contribution < 1.29 is 0 Å². The van der Waals surface area contributed by atoms with Crippen molar-refractivity contribution in [2.24, 2.45) is 5.92 Å². The van der Waals surface area contributed by atoms with Crippen LogP contribution in [0.1, 0.15) is 57.2 Å². The first-order valence-electron chi connectivity index (χ1n) is 7.78. The predicted octanol–water partition coefficient (Wildman–Crippen LogP) is 3.74. The van der Waals surface area contributed by atoms with Crippen LogP contribution in [0.3, 0.4) is 0 Å². The predicted molar refractivity (Wildman–Crippen MR) is 81.1 cm³/mol. The topological polar surface area (TPSA) is 39.9 Å². The first kappa shape index (κ1) is 15.0. The molecule has 0 atom stereocenters. The standard InChI is InChI=1S/C17H25N3/c1-14(2)9-11-20(16-7-3-4-8-16)13-15-6-5-10-19-17(15)12-18/h5-6,10,14,16H,3-4,7-9,11,13H2,1-2H3. The lowest BCUT2D eigenvalue weighted by Gasteiger charge is -2.29. The molecule has 1 aromatic rings. The molecule has 0 radical (unpaired) electrons. The van der Waals surface area contributed by atoms with Crippen molar-refractivity contribution in [3.8, 4) is 6.07 Å². The van der Waals surface area contributed by atoms with Gasteiger partial charge in [-0.2, -0.15) is 5.26 Å². The van der Waals surface area contributed by atoms with E-state index in [-0.39, 0.29) is 0 Å². The lowest BCUT2D eigenvalue weighted by Crippen LogP contribution is -2.34. The third-order valence-electron chi connectivity index (χ3n) is 4.21. The highest BCUT2D eigenvalue weighted by Gasteiger charge is 2.23. The van der Waals surface area contributed by atoms with Gasteiger partial charge in [0.25, 0.3) is 0 Å². The van der Waals surface area contributed by atoms with Crippen LogP contribution in [-0.4, -0.2) is 22.5 Å². The molecule has 1 aliphatic carbocycles. The van der Waals surface area contributed by atoms with Gasteiger partial charge in [0.05, 0.1) is 0 Å². The number of nitriles is 1. The second-order valence-corrected chi connectivity index (χ2v) is 6.21. The molecule has 0 spiro atoms. The van der Waals surface area contributed by atoms with Crippen LogP contribution in [0.2, 0.25) is 0 Å². The number of hydrogen-bond donors (Lipinski definition) is 0. The minimum absolute atomic E-state index is 0.583. The molecule has 0 aromatic carbocycles. The Labute approximate surface area is 122 Å². The van der Waals surface area contributed by atoms with E-state index in [1.54, 1.807) is 6.20 Å². The molecule has 2 rings (SSSR count). The first-order chi connectivity index (χ1) is 9.70. The zero-order chi connectivity index (χ0) is 14.4. The van der Waals surface area contributed by atoms with Gasteiger partial charge in [0, 0.05) is 24.3 Å². The molecule has 0 aliphatic heterocycles. The summed E-state index contributed by atoms with van der Waals surface area (Å²) in [6.45, 7) is 6.55. The Morgan fingerprint density at radius 1 is 1.40 bits per heavy atom. The van der Waals surface area contributed by atoms with Crippen LogP contribution in [0.25, 0.3) is 0 Å². The largest absolute Gasteiger partial charge is 0.296 e. The van der Waals surface area contributed by atoms with Crippen molar-refractivity contribution in [3.05, 3.63) is 29.6 Å². The molecule has 1 fully saturated rings. The maximum atomic E-state index is 9.18. The van der Waals surface area contributed by atoms with Crippen molar-refractivity contribution in [1.29, 1.82) is 5.26 Å². The van der Waals surface area contributed by atoms with Crippen molar-refractivity contribution in [1.82, 2.24) is 9.88 Å². The molecule has 3 nitrogen and oxygen atoms in total. The highest BCUT2D eigenvalue weighted by molar-refractivity contribution is 5.30. The van der Waals surface area contributed by atoms with Crippen LogP contribution in [0.15, 0.2) is 18.3 Å². The SMILES string of the molecule is CC(C)CCN(Cc1cccnc1C#N)C1CCCC1. The van der Waals surface area contributed by atoms with Crippen LogP contribution in [0, 0.1) is 17.2 Å².